The molecule has 0 aromatic heterocycles. The molecule has 1 unspecified atom stereocenters. The summed E-state index contributed by atoms with van der Waals surface area (Å²) in [5.74, 6) is -0.915. The number of ether oxygens (including phenoxy) is 1. The van der Waals surface area contributed by atoms with Crippen LogP contribution in [0.1, 0.15) is 37.0 Å². The Balaban J connectivity index is 2.18. The summed E-state index contributed by atoms with van der Waals surface area (Å²) in [5, 5.41) is 12.5. The van der Waals surface area contributed by atoms with E-state index in [9.17, 15) is 9.90 Å². The van der Waals surface area contributed by atoms with Gasteiger partial charge in [0, 0.05) is 17.1 Å². The number of rotatable bonds is 3. The van der Waals surface area contributed by atoms with E-state index >= 15 is 0 Å². The number of carboxylic acids is 1. The molecule has 4 nitrogen and oxygen atoms in total. The Labute approximate surface area is 121 Å². The number of anilines is 1. The normalized spacial score (nSPS) is 21.9. The monoisotopic (exact) mass is 327 g/mol. The standard InChI is InChI=1S/C14H18BrNO3/c1-14(2)8-10(5-6-19-14)16-12-7-9(15)3-4-11(12)13(17)18/h3-4,7,10,16H,5-6,8H2,1-2H3,(H,17,18). The van der Waals surface area contributed by atoms with E-state index in [4.69, 9.17) is 4.74 Å². The molecule has 1 atom stereocenters. The highest BCUT2D eigenvalue weighted by Crippen LogP contribution is 2.29. The van der Waals surface area contributed by atoms with Crippen molar-refractivity contribution in [1.82, 2.24) is 0 Å². The van der Waals surface area contributed by atoms with Crippen molar-refractivity contribution in [3.8, 4) is 0 Å². The van der Waals surface area contributed by atoms with Crippen molar-refractivity contribution in [3.05, 3.63) is 28.2 Å². The summed E-state index contributed by atoms with van der Waals surface area (Å²) in [6.07, 6.45) is 1.74. The molecule has 5 heteroatoms. The summed E-state index contributed by atoms with van der Waals surface area (Å²) in [4.78, 5) is 11.2. The first-order valence-electron chi connectivity index (χ1n) is 6.31. The molecule has 0 spiro atoms. The Morgan fingerprint density at radius 3 is 2.89 bits per heavy atom. The molecule has 19 heavy (non-hydrogen) atoms. The average Bonchev–Trinajstić information content (AvgIpc) is 2.27. The third-order valence-electron chi connectivity index (χ3n) is 3.27. The minimum atomic E-state index is -0.915. The first-order valence-corrected chi connectivity index (χ1v) is 7.10. The van der Waals surface area contributed by atoms with E-state index in [2.05, 4.69) is 35.1 Å². The van der Waals surface area contributed by atoms with Crippen LogP contribution in [0.5, 0.6) is 0 Å². The summed E-state index contributed by atoms with van der Waals surface area (Å²) in [6, 6.07) is 5.39. The number of aromatic carboxylic acids is 1. The van der Waals surface area contributed by atoms with Crippen molar-refractivity contribution in [2.24, 2.45) is 0 Å². The van der Waals surface area contributed by atoms with Crippen LogP contribution in [0.15, 0.2) is 22.7 Å². The molecule has 1 aromatic carbocycles. The fourth-order valence-electron chi connectivity index (χ4n) is 2.40. The maximum absolute atomic E-state index is 11.2. The van der Waals surface area contributed by atoms with Gasteiger partial charge in [0.2, 0.25) is 0 Å². The fourth-order valence-corrected chi connectivity index (χ4v) is 2.76. The number of benzene rings is 1. The fraction of sp³-hybridized carbons (Fsp3) is 0.500. The van der Waals surface area contributed by atoms with Gasteiger partial charge in [0.25, 0.3) is 0 Å². The molecule has 1 saturated heterocycles. The van der Waals surface area contributed by atoms with Crippen molar-refractivity contribution in [2.75, 3.05) is 11.9 Å². The third kappa shape index (κ3) is 3.70. The molecular formula is C14H18BrNO3. The molecule has 2 rings (SSSR count). The molecule has 0 saturated carbocycles. The lowest BCUT2D eigenvalue weighted by Gasteiger charge is -2.36. The topological polar surface area (TPSA) is 58.6 Å². The Kier molecular flexibility index (Phi) is 4.16. The zero-order chi connectivity index (χ0) is 14.0. The Morgan fingerprint density at radius 1 is 1.53 bits per heavy atom. The first kappa shape index (κ1) is 14.3. The summed E-state index contributed by atoms with van der Waals surface area (Å²) < 4.78 is 6.54. The van der Waals surface area contributed by atoms with Gasteiger partial charge in [-0.3, -0.25) is 0 Å². The number of nitrogens with one attached hydrogen (secondary N) is 1. The Morgan fingerprint density at radius 2 is 2.26 bits per heavy atom. The van der Waals surface area contributed by atoms with Crippen molar-refractivity contribution < 1.29 is 14.6 Å². The summed E-state index contributed by atoms with van der Waals surface area (Å²) in [6.45, 7) is 4.81. The van der Waals surface area contributed by atoms with Crippen LogP contribution in [0.25, 0.3) is 0 Å². The van der Waals surface area contributed by atoms with Crippen molar-refractivity contribution in [2.45, 2.75) is 38.3 Å². The van der Waals surface area contributed by atoms with E-state index in [1.165, 1.54) is 0 Å². The molecule has 1 aliphatic rings. The molecule has 1 aliphatic heterocycles. The summed E-state index contributed by atoms with van der Waals surface area (Å²) >= 11 is 3.38. The first-order chi connectivity index (χ1) is 8.87. The van der Waals surface area contributed by atoms with E-state index < -0.39 is 5.97 Å². The van der Waals surface area contributed by atoms with E-state index in [1.54, 1.807) is 12.1 Å². The average molecular weight is 328 g/mol. The van der Waals surface area contributed by atoms with Gasteiger partial charge in [-0.15, -0.1) is 0 Å². The number of carboxylic acid groups (broad SMARTS) is 1. The van der Waals surface area contributed by atoms with Gasteiger partial charge >= 0.3 is 5.97 Å². The second-order valence-corrected chi connectivity index (χ2v) is 6.35. The molecule has 104 valence electrons. The largest absolute Gasteiger partial charge is 0.478 e. The lowest BCUT2D eigenvalue weighted by molar-refractivity contribution is -0.0553. The highest BCUT2D eigenvalue weighted by molar-refractivity contribution is 9.10. The summed E-state index contributed by atoms with van der Waals surface area (Å²) in [7, 11) is 0. The second-order valence-electron chi connectivity index (χ2n) is 5.44. The highest BCUT2D eigenvalue weighted by atomic mass is 79.9. The maximum Gasteiger partial charge on any atom is 0.337 e. The van der Waals surface area contributed by atoms with Crippen LogP contribution in [0.3, 0.4) is 0 Å². The highest BCUT2D eigenvalue weighted by Gasteiger charge is 2.29. The van der Waals surface area contributed by atoms with Crippen molar-refractivity contribution >= 4 is 27.6 Å². The quantitative estimate of drug-likeness (QED) is 0.891. The van der Waals surface area contributed by atoms with Crippen LogP contribution in [-0.4, -0.2) is 29.3 Å². The lowest BCUT2D eigenvalue weighted by Crippen LogP contribution is -2.40. The number of halogens is 1. The van der Waals surface area contributed by atoms with Gasteiger partial charge in [-0.2, -0.15) is 0 Å². The molecule has 0 bridgehead atoms. The number of hydrogen-bond acceptors (Lipinski definition) is 3. The molecule has 1 heterocycles. The van der Waals surface area contributed by atoms with Gasteiger partial charge in [-0.05, 0) is 44.9 Å². The van der Waals surface area contributed by atoms with Crippen molar-refractivity contribution in [3.63, 3.8) is 0 Å². The molecule has 0 aliphatic carbocycles. The van der Waals surface area contributed by atoms with Crippen molar-refractivity contribution in [1.29, 1.82) is 0 Å². The summed E-state index contributed by atoms with van der Waals surface area (Å²) in [5.41, 5.74) is 0.794. The molecule has 0 amide bonds. The predicted molar refractivity (Wildman–Crippen MR) is 77.8 cm³/mol. The van der Waals surface area contributed by atoms with Gasteiger partial charge in [-0.25, -0.2) is 4.79 Å². The van der Waals surface area contributed by atoms with Crippen LogP contribution >= 0.6 is 15.9 Å². The number of hydrogen-bond donors (Lipinski definition) is 2. The molecule has 1 fully saturated rings. The second kappa shape index (κ2) is 5.51. The van der Waals surface area contributed by atoms with Gasteiger partial charge in [0.1, 0.15) is 0 Å². The van der Waals surface area contributed by atoms with Gasteiger partial charge in [0.15, 0.2) is 0 Å². The van der Waals surface area contributed by atoms with Crippen LogP contribution in [0.4, 0.5) is 5.69 Å². The third-order valence-corrected chi connectivity index (χ3v) is 3.76. The molecule has 1 aromatic rings. The molecule has 0 radical (unpaired) electrons. The minimum absolute atomic E-state index is 0.161. The van der Waals surface area contributed by atoms with Gasteiger partial charge in [-0.1, -0.05) is 15.9 Å². The van der Waals surface area contributed by atoms with E-state index in [0.29, 0.717) is 17.9 Å². The van der Waals surface area contributed by atoms with Crippen LogP contribution < -0.4 is 5.32 Å². The zero-order valence-electron chi connectivity index (χ0n) is 11.1. The van der Waals surface area contributed by atoms with E-state index in [0.717, 1.165) is 17.3 Å². The SMILES string of the molecule is CC1(C)CC(Nc2cc(Br)ccc2C(=O)O)CCO1. The van der Waals surface area contributed by atoms with E-state index in [-0.39, 0.29) is 11.6 Å². The lowest BCUT2D eigenvalue weighted by atomic mass is 9.93. The van der Waals surface area contributed by atoms with Crippen LogP contribution in [-0.2, 0) is 4.74 Å². The smallest absolute Gasteiger partial charge is 0.337 e. The predicted octanol–water partition coefficient (Wildman–Crippen LogP) is 3.52. The van der Waals surface area contributed by atoms with Crippen LogP contribution in [0.2, 0.25) is 0 Å². The Bertz CT molecular complexity index is 488. The van der Waals surface area contributed by atoms with Gasteiger partial charge in [0.05, 0.1) is 16.9 Å². The maximum atomic E-state index is 11.2. The van der Waals surface area contributed by atoms with Crippen LogP contribution in [0, 0.1) is 0 Å². The number of carbonyl (C=O) groups is 1. The zero-order valence-corrected chi connectivity index (χ0v) is 12.7. The minimum Gasteiger partial charge on any atom is -0.478 e. The van der Waals surface area contributed by atoms with E-state index in [1.807, 2.05) is 6.07 Å². The Hall–Kier alpha value is -1.07. The molecule has 2 N–H and O–H groups in total. The van der Waals surface area contributed by atoms with Gasteiger partial charge < -0.3 is 15.2 Å². The molecular weight excluding hydrogens is 310 g/mol.